The molecule has 0 aromatic carbocycles. The Hall–Kier alpha value is -0.445. The Balaban J connectivity index is 2.50. The maximum atomic E-state index is 11.8. The molecule has 0 saturated carbocycles. The Morgan fingerprint density at radius 1 is 1.18 bits per heavy atom. The number of rotatable bonds is 1. The van der Waals surface area contributed by atoms with Crippen LogP contribution in [0.15, 0.2) is 11.5 Å². The second-order valence-electron chi connectivity index (χ2n) is 2.56. The third-order valence-electron chi connectivity index (χ3n) is 1.56. The fourth-order valence-electron chi connectivity index (χ4n) is 1.07. The molecule has 0 amide bonds. The highest BCUT2D eigenvalue weighted by molar-refractivity contribution is 6.64. The van der Waals surface area contributed by atoms with Gasteiger partial charge in [0, 0.05) is 0 Å². The molecule has 1 fully saturated rings. The van der Waals surface area contributed by atoms with E-state index in [1.54, 1.807) is 0 Å². The third-order valence-corrected chi connectivity index (χ3v) is 1.56. The first-order chi connectivity index (χ1) is 5.08. The molecule has 1 aliphatic heterocycles. The van der Waals surface area contributed by atoms with E-state index in [1.165, 1.54) is 0 Å². The fraction of sp³-hybridized carbons (Fsp3) is 0.667. The van der Waals surface area contributed by atoms with Gasteiger partial charge in [0.1, 0.15) is 0 Å². The quantitative estimate of drug-likeness (QED) is 0.540. The van der Waals surface area contributed by atoms with E-state index in [2.05, 4.69) is 0 Å². The highest BCUT2D eigenvalue weighted by atomic mass is 19.4. The van der Waals surface area contributed by atoms with Crippen molar-refractivity contribution < 1.29 is 17.7 Å². The van der Waals surface area contributed by atoms with Gasteiger partial charge in [-0.15, -0.1) is 5.98 Å². The second-order valence-corrected chi connectivity index (χ2v) is 2.56. The van der Waals surface area contributed by atoms with Crippen LogP contribution in [0.4, 0.5) is 12.9 Å². The summed E-state index contributed by atoms with van der Waals surface area (Å²) in [6, 6.07) is 0. The van der Waals surface area contributed by atoms with E-state index in [1.807, 2.05) is 0 Å². The lowest BCUT2D eigenvalue weighted by molar-refractivity contribution is 0.119. The molecule has 0 spiro atoms. The molecule has 1 aliphatic rings. The first-order valence-corrected chi connectivity index (χ1v) is 3.56. The monoisotopic (exact) mass is 165 g/mol. The average Bonchev–Trinajstić information content (AvgIpc) is 1.85. The maximum absolute atomic E-state index is 11.8. The standard InChI is InChI=1S/C6H9BF3O/c8-7(9,10)5-6-1-3-11-4-2-6/h5H,1-4H2/q-1. The molecular weight excluding hydrogens is 156 g/mol. The molecule has 1 nitrogen and oxygen atoms in total. The molecule has 0 N–H and O–H groups in total. The summed E-state index contributed by atoms with van der Waals surface area (Å²) in [5.74, 6) is 0.447. The van der Waals surface area contributed by atoms with Crippen LogP contribution in [0.3, 0.4) is 0 Å². The van der Waals surface area contributed by atoms with Crippen LogP contribution in [0.2, 0.25) is 0 Å². The van der Waals surface area contributed by atoms with Crippen molar-refractivity contribution in [3.63, 3.8) is 0 Å². The van der Waals surface area contributed by atoms with Crippen molar-refractivity contribution in [2.75, 3.05) is 13.2 Å². The van der Waals surface area contributed by atoms with Crippen LogP contribution >= 0.6 is 0 Å². The molecule has 11 heavy (non-hydrogen) atoms. The van der Waals surface area contributed by atoms with Crippen LogP contribution in [0.5, 0.6) is 0 Å². The third kappa shape index (κ3) is 3.46. The Labute approximate surface area is 63.3 Å². The molecule has 0 unspecified atom stereocenters. The smallest absolute Gasteiger partial charge is 0.445 e. The zero-order valence-electron chi connectivity index (χ0n) is 6.03. The summed E-state index contributed by atoms with van der Waals surface area (Å²) in [5, 5.41) is 0. The lowest BCUT2D eigenvalue weighted by Gasteiger charge is -2.18. The van der Waals surface area contributed by atoms with Gasteiger partial charge in [-0.3, -0.25) is 0 Å². The summed E-state index contributed by atoms with van der Waals surface area (Å²) in [5.41, 5.74) is 0.476. The summed E-state index contributed by atoms with van der Waals surface area (Å²) < 4.78 is 40.3. The molecule has 1 heterocycles. The zero-order valence-corrected chi connectivity index (χ0v) is 6.03. The highest BCUT2D eigenvalue weighted by Gasteiger charge is 2.20. The van der Waals surface area contributed by atoms with E-state index >= 15 is 0 Å². The molecule has 0 atom stereocenters. The molecule has 1 rings (SSSR count). The highest BCUT2D eigenvalue weighted by Crippen LogP contribution is 2.19. The molecule has 0 bridgehead atoms. The van der Waals surface area contributed by atoms with E-state index in [0.717, 1.165) is 0 Å². The normalized spacial score (nSPS) is 20.1. The predicted octanol–water partition coefficient (Wildman–Crippen LogP) is 2.11. The van der Waals surface area contributed by atoms with E-state index in [0.29, 0.717) is 37.6 Å². The minimum Gasteiger partial charge on any atom is -0.445 e. The topological polar surface area (TPSA) is 9.23 Å². The molecular formula is C6H9BF3O-. The van der Waals surface area contributed by atoms with Crippen molar-refractivity contribution in [1.29, 1.82) is 0 Å². The van der Waals surface area contributed by atoms with Gasteiger partial charge in [0.15, 0.2) is 0 Å². The molecule has 5 heteroatoms. The summed E-state index contributed by atoms with van der Waals surface area (Å²) in [6.07, 6.45) is 0.864. The largest absolute Gasteiger partial charge is 0.502 e. The maximum Gasteiger partial charge on any atom is 0.502 e. The molecule has 64 valence electrons. The van der Waals surface area contributed by atoms with Crippen molar-refractivity contribution in [3.05, 3.63) is 11.5 Å². The van der Waals surface area contributed by atoms with Crippen molar-refractivity contribution in [2.45, 2.75) is 12.8 Å². The van der Waals surface area contributed by atoms with E-state index < -0.39 is 6.98 Å². The van der Waals surface area contributed by atoms with Crippen molar-refractivity contribution in [2.24, 2.45) is 0 Å². The van der Waals surface area contributed by atoms with Crippen molar-refractivity contribution >= 4 is 6.98 Å². The summed E-state index contributed by atoms with van der Waals surface area (Å²) >= 11 is 0. The van der Waals surface area contributed by atoms with Gasteiger partial charge in [0.2, 0.25) is 0 Å². The van der Waals surface area contributed by atoms with E-state index in [4.69, 9.17) is 4.74 Å². The average molecular weight is 165 g/mol. The van der Waals surface area contributed by atoms with Gasteiger partial charge in [0.25, 0.3) is 0 Å². The van der Waals surface area contributed by atoms with Crippen molar-refractivity contribution in [3.8, 4) is 0 Å². The van der Waals surface area contributed by atoms with Gasteiger partial charge in [-0.25, -0.2) is 0 Å². The second kappa shape index (κ2) is 3.30. The van der Waals surface area contributed by atoms with Crippen LogP contribution in [0, 0.1) is 0 Å². The Kier molecular flexibility index (Phi) is 2.60. The number of hydrogen-bond donors (Lipinski definition) is 0. The van der Waals surface area contributed by atoms with Crippen LogP contribution in [-0.4, -0.2) is 20.2 Å². The van der Waals surface area contributed by atoms with Crippen LogP contribution in [-0.2, 0) is 4.74 Å². The number of ether oxygens (including phenoxy) is 1. The summed E-state index contributed by atoms with van der Waals surface area (Å²) in [7, 11) is 0. The van der Waals surface area contributed by atoms with Gasteiger partial charge in [-0.1, -0.05) is 5.57 Å². The minimum atomic E-state index is -4.75. The van der Waals surface area contributed by atoms with Crippen molar-refractivity contribution in [1.82, 2.24) is 0 Å². The SMILES string of the molecule is F[B-](F)(F)C=C1CCOCC1. The van der Waals surface area contributed by atoms with Gasteiger partial charge in [0.05, 0.1) is 13.2 Å². The fourth-order valence-corrected chi connectivity index (χ4v) is 1.07. The number of halogens is 3. The molecule has 0 aromatic rings. The molecule has 0 aromatic heterocycles. The van der Waals surface area contributed by atoms with Crippen LogP contribution < -0.4 is 0 Å². The Bertz CT molecular complexity index is 156. The molecule has 0 aliphatic carbocycles. The van der Waals surface area contributed by atoms with Gasteiger partial charge < -0.3 is 17.7 Å². The zero-order chi connectivity index (χ0) is 8.32. The first kappa shape index (κ1) is 8.65. The van der Waals surface area contributed by atoms with Crippen LogP contribution in [0.1, 0.15) is 12.8 Å². The van der Waals surface area contributed by atoms with Crippen LogP contribution in [0.25, 0.3) is 0 Å². The number of hydrogen-bond acceptors (Lipinski definition) is 1. The lowest BCUT2D eigenvalue weighted by Crippen LogP contribution is -2.15. The lowest BCUT2D eigenvalue weighted by atomic mass is 9.86. The predicted molar refractivity (Wildman–Crippen MR) is 37.2 cm³/mol. The van der Waals surface area contributed by atoms with Gasteiger partial charge in [-0.05, 0) is 12.8 Å². The Morgan fingerprint density at radius 3 is 2.18 bits per heavy atom. The Morgan fingerprint density at radius 2 is 1.73 bits per heavy atom. The van der Waals surface area contributed by atoms with E-state index in [9.17, 15) is 12.9 Å². The van der Waals surface area contributed by atoms with E-state index in [-0.39, 0.29) is 0 Å². The van der Waals surface area contributed by atoms with Gasteiger partial charge in [-0.2, -0.15) is 0 Å². The molecule has 1 saturated heterocycles. The minimum absolute atomic E-state index is 0.429. The van der Waals surface area contributed by atoms with Gasteiger partial charge >= 0.3 is 6.98 Å². The first-order valence-electron chi connectivity index (χ1n) is 3.56. The molecule has 0 radical (unpaired) electrons. The summed E-state index contributed by atoms with van der Waals surface area (Å²) in [4.78, 5) is 0. The summed E-state index contributed by atoms with van der Waals surface area (Å²) in [6.45, 7) is -3.89.